The van der Waals surface area contributed by atoms with E-state index in [4.69, 9.17) is 14.2 Å². The topological polar surface area (TPSA) is 57.2 Å². The molecule has 0 spiro atoms. The van der Waals surface area contributed by atoms with Gasteiger partial charge in [-0.05, 0) is 19.1 Å². The molecule has 0 fully saturated rings. The largest absolute Gasteiger partial charge is 0.496 e. The van der Waals surface area contributed by atoms with Crippen molar-refractivity contribution in [3.05, 3.63) is 47.8 Å². The summed E-state index contributed by atoms with van der Waals surface area (Å²) in [5.41, 5.74) is 2.06. The van der Waals surface area contributed by atoms with Crippen LogP contribution in [0.15, 0.2) is 36.5 Å². The Morgan fingerprint density at radius 1 is 1.05 bits per heavy atom. The van der Waals surface area contributed by atoms with Gasteiger partial charge in [0, 0.05) is 18.3 Å². The monoisotopic (exact) mass is 303 g/mol. The number of rotatable bonds is 7. The molecular weight excluding hydrogens is 280 g/mol. The molecule has 0 saturated heterocycles. The van der Waals surface area contributed by atoms with Crippen LogP contribution in [0.25, 0.3) is 0 Å². The van der Waals surface area contributed by atoms with Crippen LogP contribution in [0.2, 0.25) is 0 Å². The van der Waals surface area contributed by atoms with Crippen LogP contribution in [0.1, 0.15) is 24.2 Å². The molecule has 1 aromatic carbocycles. The fraction of sp³-hybridized carbons (Fsp3) is 0.353. The van der Waals surface area contributed by atoms with Gasteiger partial charge < -0.3 is 19.5 Å². The zero-order valence-corrected chi connectivity index (χ0v) is 13.5. The third-order valence-electron chi connectivity index (χ3n) is 3.65. The lowest BCUT2D eigenvalue weighted by atomic mass is 10.1. The fourth-order valence-corrected chi connectivity index (χ4v) is 2.34. The van der Waals surface area contributed by atoms with Gasteiger partial charge in [0.05, 0.1) is 32.6 Å². The first-order valence-corrected chi connectivity index (χ1v) is 7.22. The number of benzene rings is 1. The Balaban J connectivity index is 2.18. The third kappa shape index (κ3) is 3.68. The van der Waals surface area contributed by atoms with E-state index >= 15 is 0 Å². The minimum Gasteiger partial charge on any atom is -0.496 e. The lowest BCUT2D eigenvalue weighted by Gasteiger charge is -2.16. The van der Waals surface area contributed by atoms with Crippen molar-refractivity contribution in [2.24, 2.45) is 0 Å². The highest BCUT2D eigenvalue weighted by molar-refractivity contribution is 5.50. The number of pyridine rings is 1. The second-order valence-electron chi connectivity index (χ2n) is 4.99. The van der Waals surface area contributed by atoms with E-state index < -0.39 is 0 Å². The molecule has 0 aliphatic heterocycles. The standard InChI is InChI=1S/C17H22N2O3/c1-12(15-7-5-6-8-18-15)19-11-14-16(21-3)9-13(20-2)10-17(14)22-4/h5-10,12,19H,11H2,1-4H3/p+1/t12-/m1/s1. The molecule has 22 heavy (non-hydrogen) atoms. The van der Waals surface area contributed by atoms with E-state index in [0.717, 1.165) is 35.1 Å². The summed E-state index contributed by atoms with van der Waals surface area (Å²) in [6, 6.07) is 9.95. The van der Waals surface area contributed by atoms with E-state index in [0.29, 0.717) is 0 Å². The highest BCUT2D eigenvalue weighted by Gasteiger charge is 2.17. The molecule has 2 N–H and O–H groups in total. The molecule has 1 atom stereocenters. The van der Waals surface area contributed by atoms with Gasteiger partial charge >= 0.3 is 0 Å². The number of methoxy groups -OCH3 is 3. The average Bonchev–Trinajstić information content (AvgIpc) is 2.59. The Bertz CT molecular complexity index is 577. The van der Waals surface area contributed by atoms with Gasteiger partial charge in [0.15, 0.2) is 0 Å². The highest BCUT2D eigenvalue weighted by atomic mass is 16.5. The molecule has 0 amide bonds. The summed E-state index contributed by atoms with van der Waals surface area (Å²) in [4.78, 5) is 4.39. The fourth-order valence-electron chi connectivity index (χ4n) is 2.34. The number of nitrogens with two attached hydrogens (primary N) is 1. The first-order chi connectivity index (χ1) is 10.7. The van der Waals surface area contributed by atoms with E-state index in [1.807, 2.05) is 36.5 Å². The van der Waals surface area contributed by atoms with Gasteiger partial charge in [-0.25, -0.2) is 0 Å². The maximum Gasteiger partial charge on any atom is 0.135 e. The predicted octanol–water partition coefficient (Wildman–Crippen LogP) is 1.93. The number of ether oxygens (including phenoxy) is 3. The van der Waals surface area contributed by atoms with Crippen molar-refractivity contribution in [2.45, 2.75) is 19.5 Å². The molecule has 118 valence electrons. The van der Waals surface area contributed by atoms with Crippen LogP contribution in [0.3, 0.4) is 0 Å². The van der Waals surface area contributed by atoms with Crippen LogP contribution in [-0.4, -0.2) is 26.3 Å². The predicted molar refractivity (Wildman–Crippen MR) is 84.4 cm³/mol. The normalized spacial score (nSPS) is 11.8. The first kappa shape index (κ1) is 16.1. The molecule has 5 heteroatoms. The van der Waals surface area contributed by atoms with Crippen LogP contribution in [-0.2, 0) is 6.54 Å². The van der Waals surface area contributed by atoms with Gasteiger partial charge in [-0.15, -0.1) is 0 Å². The van der Waals surface area contributed by atoms with Gasteiger partial charge in [0.25, 0.3) is 0 Å². The van der Waals surface area contributed by atoms with E-state index in [9.17, 15) is 0 Å². The van der Waals surface area contributed by atoms with Gasteiger partial charge in [-0.2, -0.15) is 0 Å². The molecule has 0 aliphatic carbocycles. The number of hydrogen-bond acceptors (Lipinski definition) is 4. The van der Waals surface area contributed by atoms with Gasteiger partial charge in [0.1, 0.15) is 29.8 Å². The van der Waals surface area contributed by atoms with Crippen molar-refractivity contribution in [3.8, 4) is 17.2 Å². The van der Waals surface area contributed by atoms with E-state index in [1.54, 1.807) is 21.3 Å². The molecule has 0 saturated carbocycles. The zero-order valence-electron chi connectivity index (χ0n) is 13.5. The average molecular weight is 303 g/mol. The van der Waals surface area contributed by atoms with Crippen molar-refractivity contribution in [2.75, 3.05) is 21.3 Å². The summed E-state index contributed by atoms with van der Waals surface area (Å²) in [5.74, 6) is 2.25. The van der Waals surface area contributed by atoms with E-state index in [-0.39, 0.29) is 6.04 Å². The molecule has 2 aromatic rings. The number of quaternary nitrogens is 1. The minimum absolute atomic E-state index is 0.248. The SMILES string of the molecule is COc1cc(OC)c(C[NH2+][C@H](C)c2ccccn2)c(OC)c1. The molecule has 0 bridgehead atoms. The lowest BCUT2D eigenvalue weighted by molar-refractivity contribution is -0.708. The summed E-state index contributed by atoms with van der Waals surface area (Å²) in [6.45, 7) is 2.86. The highest BCUT2D eigenvalue weighted by Crippen LogP contribution is 2.33. The molecule has 0 unspecified atom stereocenters. The number of aromatic nitrogens is 1. The summed E-state index contributed by atoms with van der Waals surface area (Å²) < 4.78 is 16.2. The Kier molecular flexibility index (Phi) is 5.61. The van der Waals surface area contributed by atoms with Crippen molar-refractivity contribution in [1.82, 2.24) is 4.98 Å². The van der Waals surface area contributed by atoms with Gasteiger partial charge in [-0.1, -0.05) is 6.07 Å². The Hall–Kier alpha value is -2.27. The Labute approximate surface area is 131 Å². The first-order valence-electron chi connectivity index (χ1n) is 7.22. The van der Waals surface area contributed by atoms with Crippen LogP contribution in [0.5, 0.6) is 17.2 Å². The molecule has 5 nitrogen and oxygen atoms in total. The van der Waals surface area contributed by atoms with Crippen LogP contribution >= 0.6 is 0 Å². The smallest absolute Gasteiger partial charge is 0.135 e. The second kappa shape index (κ2) is 7.66. The molecule has 1 aromatic heterocycles. The molecule has 0 radical (unpaired) electrons. The van der Waals surface area contributed by atoms with Crippen molar-refractivity contribution < 1.29 is 19.5 Å². The zero-order chi connectivity index (χ0) is 15.9. The Morgan fingerprint density at radius 2 is 1.73 bits per heavy atom. The summed E-state index contributed by atoms with van der Waals surface area (Å²) in [7, 11) is 4.93. The minimum atomic E-state index is 0.248. The second-order valence-corrected chi connectivity index (χ2v) is 4.99. The van der Waals surface area contributed by atoms with Gasteiger partial charge in [-0.3, -0.25) is 4.98 Å². The third-order valence-corrected chi connectivity index (χ3v) is 3.65. The quantitative estimate of drug-likeness (QED) is 0.849. The molecule has 0 aliphatic rings. The van der Waals surface area contributed by atoms with Crippen LogP contribution in [0, 0.1) is 0 Å². The van der Waals surface area contributed by atoms with Gasteiger partial charge in [0.2, 0.25) is 0 Å². The maximum atomic E-state index is 5.47. The molecular formula is C17H23N2O3+. The van der Waals surface area contributed by atoms with Crippen molar-refractivity contribution in [3.63, 3.8) is 0 Å². The molecule has 1 heterocycles. The Morgan fingerprint density at radius 3 is 2.23 bits per heavy atom. The number of nitrogens with zero attached hydrogens (tertiary/aromatic N) is 1. The van der Waals surface area contributed by atoms with E-state index in [2.05, 4.69) is 17.2 Å². The van der Waals surface area contributed by atoms with E-state index in [1.165, 1.54) is 0 Å². The van der Waals surface area contributed by atoms with Crippen LogP contribution in [0.4, 0.5) is 0 Å². The number of hydrogen-bond donors (Lipinski definition) is 1. The van der Waals surface area contributed by atoms with Crippen molar-refractivity contribution >= 4 is 0 Å². The molecule has 2 rings (SSSR count). The summed E-state index contributed by atoms with van der Waals surface area (Å²) >= 11 is 0. The lowest BCUT2D eigenvalue weighted by Crippen LogP contribution is -2.83. The summed E-state index contributed by atoms with van der Waals surface area (Å²) in [5, 5.41) is 2.20. The van der Waals surface area contributed by atoms with Crippen LogP contribution < -0.4 is 19.5 Å². The van der Waals surface area contributed by atoms with Crippen molar-refractivity contribution in [1.29, 1.82) is 0 Å². The summed E-state index contributed by atoms with van der Waals surface area (Å²) in [6.07, 6.45) is 1.81. The maximum absolute atomic E-state index is 5.47.